The fourth-order valence-electron chi connectivity index (χ4n) is 1.56. The molecule has 3 N–H and O–H groups in total. The van der Waals surface area contributed by atoms with Gasteiger partial charge in [0.2, 0.25) is 0 Å². The molecule has 0 saturated heterocycles. The van der Waals surface area contributed by atoms with Crippen molar-refractivity contribution in [3.05, 3.63) is 0 Å². The molecule has 0 amide bonds. The van der Waals surface area contributed by atoms with Gasteiger partial charge in [0.1, 0.15) is 0 Å². The largest absolute Gasteiger partial charge is 0.370 e. The van der Waals surface area contributed by atoms with Crippen molar-refractivity contribution < 1.29 is 0 Å². The molecule has 84 valence electrons. The monoisotopic (exact) mass is 199 g/mol. The maximum Gasteiger partial charge on any atom is 0.189 e. The molecular formula is C11H25N3. The number of guanidine groups is 1. The average molecular weight is 199 g/mol. The highest BCUT2D eigenvalue weighted by molar-refractivity contribution is 5.78. The lowest BCUT2D eigenvalue weighted by Crippen LogP contribution is -2.50. The van der Waals surface area contributed by atoms with E-state index in [1.54, 1.807) is 0 Å². The molecule has 0 aromatic rings. The molecular weight excluding hydrogens is 174 g/mol. The van der Waals surface area contributed by atoms with Crippen molar-refractivity contribution in [2.45, 2.75) is 58.9 Å². The minimum atomic E-state index is 0.140. The van der Waals surface area contributed by atoms with E-state index in [1.807, 2.05) is 0 Å². The van der Waals surface area contributed by atoms with Crippen LogP contribution in [0, 0.1) is 0 Å². The summed E-state index contributed by atoms with van der Waals surface area (Å²) in [5.41, 5.74) is 5.95. The lowest BCUT2D eigenvalue weighted by Gasteiger charge is -2.32. The normalized spacial score (nSPS) is 13.0. The Morgan fingerprint density at radius 1 is 1.14 bits per heavy atom. The van der Waals surface area contributed by atoms with Crippen molar-refractivity contribution >= 4 is 5.96 Å². The van der Waals surface area contributed by atoms with Crippen LogP contribution < -0.4 is 11.1 Å². The highest BCUT2D eigenvalue weighted by Gasteiger charge is 2.23. The van der Waals surface area contributed by atoms with E-state index >= 15 is 0 Å². The molecule has 0 radical (unpaired) electrons. The number of hydrogen-bond acceptors (Lipinski definition) is 1. The Kier molecular flexibility index (Phi) is 6.34. The predicted molar refractivity (Wildman–Crippen MR) is 63.5 cm³/mol. The number of nitrogens with two attached hydrogens (primary N) is 1. The van der Waals surface area contributed by atoms with E-state index in [0.717, 1.165) is 32.2 Å². The summed E-state index contributed by atoms with van der Waals surface area (Å²) in [4.78, 5) is 4.25. The Morgan fingerprint density at radius 2 is 1.64 bits per heavy atom. The second-order valence-electron chi connectivity index (χ2n) is 3.73. The molecule has 0 aliphatic heterocycles. The number of aliphatic imine (C=N–C) groups is 1. The molecule has 0 aliphatic rings. The van der Waals surface area contributed by atoms with Gasteiger partial charge in [-0.15, -0.1) is 0 Å². The fourth-order valence-corrected chi connectivity index (χ4v) is 1.56. The van der Waals surface area contributed by atoms with E-state index in [-0.39, 0.29) is 5.54 Å². The number of rotatable bonds is 6. The molecule has 0 bridgehead atoms. The van der Waals surface area contributed by atoms with Crippen molar-refractivity contribution in [1.82, 2.24) is 5.32 Å². The minimum Gasteiger partial charge on any atom is -0.370 e. The number of hydrogen-bond donors (Lipinski definition) is 2. The summed E-state index contributed by atoms with van der Waals surface area (Å²) in [7, 11) is 0. The van der Waals surface area contributed by atoms with Gasteiger partial charge >= 0.3 is 0 Å². The number of nitrogens with zero attached hydrogens (tertiary/aromatic N) is 1. The third-order valence-electron chi connectivity index (χ3n) is 2.93. The third kappa shape index (κ3) is 3.99. The smallest absolute Gasteiger partial charge is 0.189 e. The van der Waals surface area contributed by atoms with Crippen LogP contribution in [0.15, 0.2) is 4.99 Å². The molecule has 3 heteroatoms. The third-order valence-corrected chi connectivity index (χ3v) is 2.93. The van der Waals surface area contributed by atoms with E-state index in [4.69, 9.17) is 5.73 Å². The molecule has 0 aliphatic carbocycles. The van der Waals surface area contributed by atoms with E-state index in [9.17, 15) is 0 Å². The van der Waals surface area contributed by atoms with Crippen LogP contribution in [-0.4, -0.2) is 18.0 Å². The maximum atomic E-state index is 5.81. The maximum absolute atomic E-state index is 5.81. The molecule has 0 aromatic carbocycles. The van der Waals surface area contributed by atoms with Gasteiger partial charge in [-0.05, 0) is 25.7 Å². The molecule has 0 rings (SSSR count). The summed E-state index contributed by atoms with van der Waals surface area (Å²) in [6.07, 6.45) is 4.30. The second-order valence-corrected chi connectivity index (χ2v) is 3.73. The van der Waals surface area contributed by atoms with Crippen LogP contribution >= 0.6 is 0 Å². The predicted octanol–water partition coefficient (Wildman–Crippen LogP) is 2.27. The van der Waals surface area contributed by atoms with Gasteiger partial charge in [0.15, 0.2) is 5.96 Å². The average Bonchev–Trinajstić information content (AvgIpc) is 2.23. The topological polar surface area (TPSA) is 50.4 Å². The zero-order valence-electron chi connectivity index (χ0n) is 10.1. The van der Waals surface area contributed by atoms with E-state index < -0.39 is 0 Å². The second kappa shape index (κ2) is 6.68. The molecule has 0 heterocycles. The highest BCUT2D eigenvalue weighted by Crippen LogP contribution is 2.18. The van der Waals surface area contributed by atoms with Crippen LogP contribution in [0.25, 0.3) is 0 Å². The molecule has 0 unspecified atom stereocenters. The number of nitrogens with one attached hydrogen (secondary N) is 1. The Hall–Kier alpha value is -0.730. The van der Waals surface area contributed by atoms with Crippen LogP contribution in [0.5, 0.6) is 0 Å². The summed E-state index contributed by atoms with van der Waals surface area (Å²) in [5, 5.41) is 3.34. The van der Waals surface area contributed by atoms with Gasteiger partial charge in [-0.2, -0.15) is 0 Å². The van der Waals surface area contributed by atoms with Gasteiger partial charge in [0, 0.05) is 12.1 Å². The van der Waals surface area contributed by atoms with Gasteiger partial charge in [0.05, 0.1) is 0 Å². The van der Waals surface area contributed by atoms with Crippen molar-refractivity contribution in [3.8, 4) is 0 Å². The van der Waals surface area contributed by atoms with Gasteiger partial charge in [-0.3, -0.25) is 4.99 Å². The fraction of sp³-hybridized carbons (Fsp3) is 0.909. The summed E-state index contributed by atoms with van der Waals surface area (Å²) < 4.78 is 0. The standard InChI is InChI=1S/C11H25N3/c1-5-9-13-10(12)14-11(6-2,7-3)8-4/h5-9H2,1-4H3,(H3,12,13,14). The Morgan fingerprint density at radius 3 is 2.00 bits per heavy atom. The summed E-state index contributed by atoms with van der Waals surface area (Å²) in [6.45, 7) is 9.48. The zero-order chi connectivity index (χ0) is 11.0. The summed E-state index contributed by atoms with van der Waals surface area (Å²) >= 11 is 0. The first-order valence-corrected chi connectivity index (χ1v) is 5.72. The van der Waals surface area contributed by atoms with Crippen molar-refractivity contribution in [2.75, 3.05) is 6.54 Å². The Labute approximate surface area is 88.2 Å². The Balaban J connectivity index is 4.28. The van der Waals surface area contributed by atoms with Gasteiger partial charge in [0.25, 0.3) is 0 Å². The molecule has 3 nitrogen and oxygen atoms in total. The summed E-state index contributed by atoms with van der Waals surface area (Å²) in [6, 6.07) is 0. The van der Waals surface area contributed by atoms with Crippen LogP contribution in [0.1, 0.15) is 53.4 Å². The van der Waals surface area contributed by atoms with Gasteiger partial charge < -0.3 is 11.1 Å². The van der Waals surface area contributed by atoms with Crippen LogP contribution in [-0.2, 0) is 0 Å². The SMILES string of the molecule is CCCN=C(N)NC(CC)(CC)CC. The minimum absolute atomic E-state index is 0.140. The zero-order valence-corrected chi connectivity index (χ0v) is 10.1. The first-order chi connectivity index (χ1) is 6.64. The summed E-state index contributed by atoms with van der Waals surface area (Å²) in [5.74, 6) is 0.595. The Bertz CT molecular complexity index is 163. The van der Waals surface area contributed by atoms with Crippen molar-refractivity contribution in [2.24, 2.45) is 10.7 Å². The van der Waals surface area contributed by atoms with Crippen molar-refractivity contribution in [3.63, 3.8) is 0 Å². The molecule has 14 heavy (non-hydrogen) atoms. The van der Waals surface area contributed by atoms with E-state index in [1.165, 1.54) is 0 Å². The van der Waals surface area contributed by atoms with Gasteiger partial charge in [-0.25, -0.2) is 0 Å². The molecule has 0 fully saturated rings. The van der Waals surface area contributed by atoms with Crippen LogP contribution in [0.2, 0.25) is 0 Å². The van der Waals surface area contributed by atoms with Crippen LogP contribution in [0.3, 0.4) is 0 Å². The lowest BCUT2D eigenvalue weighted by molar-refractivity contribution is 0.338. The first-order valence-electron chi connectivity index (χ1n) is 5.72. The van der Waals surface area contributed by atoms with E-state index in [2.05, 4.69) is 38.0 Å². The highest BCUT2D eigenvalue weighted by atomic mass is 15.1. The molecule has 0 atom stereocenters. The van der Waals surface area contributed by atoms with E-state index in [0.29, 0.717) is 5.96 Å². The molecule has 0 saturated carbocycles. The molecule has 0 spiro atoms. The quantitative estimate of drug-likeness (QED) is 0.509. The van der Waals surface area contributed by atoms with Crippen molar-refractivity contribution in [1.29, 1.82) is 0 Å². The first kappa shape index (κ1) is 13.3. The lowest BCUT2D eigenvalue weighted by atomic mass is 9.90. The van der Waals surface area contributed by atoms with Crippen LogP contribution in [0.4, 0.5) is 0 Å². The molecule has 0 aromatic heterocycles. The van der Waals surface area contributed by atoms with Gasteiger partial charge in [-0.1, -0.05) is 27.7 Å².